The quantitative estimate of drug-likeness (QED) is 0.431. The fraction of sp³-hybridized carbons (Fsp3) is 0.174. The summed E-state index contributed by atoms with van der Waals surface area (Å²) < 4.78 is 18.2. The summed E-state index contributed by atoms with van der Waals surface area (Å²) in [7, 11) is 3.17. The monoisotopic (exact) mass is 452 g/mol. The molecule has 0 bridgehead atoms. The van der Waals surface area contributed by atoms with Gasteiger partial charge in [0.1, 0.15) is 17.1 Å². The molecule has 1 N–H and O–H groups in total. The van der Waals surface area contributed by atoms with Gasteiger partial charge in [-0.15, -0.1) is 0 Å². The molecule has 0 aliphatic heterocycles. The Morgan fingerprint density at radius 1 is 1.03 bits per heavy atom. The third-order valence-corrected chi connectivity index (χ3v) is 5.16. The molecule has 0 aliphatic rings. The Labute approximate surface area is 189 Å². The standard InChI is InChI=1S/C23H21ClN4O4/c1-30-19-7-3-5-15(23(19)31-2)13-28-20(10-12-26-28)27-21(29)14-32-18-9-8-17(24)16-6-4-11-25-22(16)18/h3-12H,13-14H2,1-2H3,(H,27,29). The Hall–Kier alpha value is -3.78. The summed E-state index contributed by atoms with van der Waals surface area (Å²) in [6.07, 6.45) is 3.26. The summed E-state index contributed by atoms with van der Waals surface area (Å²) in [6, 6.07) is 14.4. The summed E-state index contributed by atoms with van der Waals surface area (Å²) in [5.74, 6) is 1.92. The number of anilines is 1. The fourth-order valence-electron chi connectivity index (χ4n) is 3.36. The number of fused-ring (bicyclic) bond motifs is 1. The van der Waals surface area contributed by atoms with Gasteiger partial charge in [0.05, 0.1) is 32.0 Å². The van der Waals surface area contributed by atoms with Gasteiger partial charge in [-0.2, -0.15) is 5.10 Å². The number of hydrogen-bond donors (Lipinski definition) is 1. The minimum atomic E-state index is -0.330. The lowest BCUT2D eigenvalue weighted by Gasteiger charge is -2.14. The van der Waals surface area contributed by atoms with E-state index in [1.807, 2.05) is 24.3 Å². The number of halogens is 1. The molecule has 32 heavy (non-hydrogen) atoms. The minimum Gasteiger partial charge on any atom is -0.493 e. The normalized spacial score (nSPS) is 10.7. The van der Waals surface area contributed by atoms with Gasteiger partial charge in [-0.1, -0.05) is 23.7 Å². The summed E-state index contributed by atoms with van der Waals surface area (Å²) >= 11 is 6.21. The van der Waals surface area contributed by atoms with Gasteiger partial charge in [0.25, 0.3) is 5.91 Å². The second-order valence-corrected chi connectivity index (χ2v) is 7.22. The van der Waals surface area contributed by atoms with E-state index < -0.39 is 0 Å². The van der Waals surface area contributed by atoms with E-state index >= 15 is 0 Å². The number of pyridine rings is 1. The minimum absolute atomic E-state index is 0.193. The average Bonchev–Trinajstić information content (AvgIpc) is 3.24. The van der Waals surface area contributed by atoms with Gasteiger partial charge in [0, 0.05) is 23.2 Å². The first-order chi connectivity index (χ1) is 15.6. The number of benzene rings is 2. The number of aromatic nitrogens is 3. The van der Waals surface area contributed by atoms with Crippen molar-refractivity contribution in [3.63, 3.8) is 0 Å². The summed E-state index contributed by atoms with van der Waals surface area (Å²) in [5, 5.41) is 8.46. The highest BCUT2D eigenvalue weighted by Gasteiger charge is 2.14. The van der Waals surface area contributed by atoms with Crippen molar-refractivity contribution in [3.8, 4) is 17.2 Å². The number of rotatable bonds is 8. The zero-order valence-electron chi connectivity index (χ0n) is 17.5. The number of carbonyl (C=O) groups is 1. The Bertz CT molecular complexity index is 1260. The SMILES string of the molecule is COc1cccc(Cn2nccc2NC(=O)COc2ccc(Cl)c3cccnc23)c1OC. The van der Waals surface area contributed by atoms with Crippen molar-refractivity contribution in [3.05, 3.63) is 71.5 Å². The van der Waals surface area contributed by atoms with Crippen LogP contribution in [0, 0.1) is 0 Å². The number of nitrogens with zero attached hydrogens (tertiary/aromatic N) is 3. The van der Waals surface area contributed by atoms with Crippen molar-refractivity contribution in [2.75, 3.05) is 26.1 Å². The van der Waals surface area contributed by atoms with Crippen molar-refractivity contribution in [2.45, 2.75) is 6.54 Å². The Kier molecular flexibility index (Phi) is 6.42. The molecule has 0 atom stereocenters. The van der Waals surface area contributed by atoms with Crippen LogP contribution in [0.2, 0.25) is 5.02 Å². The third-order valence-electron chi connectivity index (χ3n) is 4.83. The van der Waals surface area contributed by atoms with Crippen LogP contribution >= 0.6 is 11.6 Å². The van der Waals surface area contributed by atoms with Crippen LogP contribution in [0.5, 0.6) is 17.2 Å². The van der Waals surface area contributed by atoms with E-state index in [0.29, 0.717) is 40.2 Å². The molecule has 2 heterocycles. The maximum absolute atomic E-state index is 12.5. The van der Waals surface area contributed by atoms with E-state index in [9.17, 15) is 4.79 Å². The van der Waals surface area contributed by atoms with Crippen LogP contribution in [0.4, 0.5) is 5.82 Å². The third kappa shape index (κ3) is 4.45. The van der Waals surface area contributed by atoms with E-state index in [2.05, 4.69) is 15.4 Å². The lowest BCUT2D eigenvalue weighted by molar-refractivity contribution is -0.118. The number of carbonyl (C=O) groups excluding carboxylic acids is 1. The van der Waals surface area contributed by atoms with E-state index in [4.69, 9.17) is 25.8 Å². The molecule has 4 aromatic rings. The number of methoxy groups -OCH3 is 2. The van der Waals surface area contributed by atoms with Crippen molar-refractivity contribution in [1.29, 1.82) is 0 Å². The van der Waals surface area contributed by atoms with Crippen LogP contribution in [0.25, 0.3) is 10.9 Å². The number of hydrogen-bond acceptors (Lipinski definition) is 6. The number of para-hydroxylation sites is 1. The first-order valence-electron chi connectivity index (χ1n) is 9.78. The fourth-order valence-corrected chi connectivity index (χ4v) is 3.57. The molecular formula is C23H21ClN4O4. The Morgan fingerprint density at radius 2 is 1.91 bits per heavy atom. The molecule has 4 rings (SSSR count). The van der Waals surface area contributed by atoms with E-state index in [1.54, 1.807) is 55.6 Å². The molecule has 164 valence electrons. The number of ether oxygens (including phenoxy) is 3. The molecule has 0 aliphatic carbocycles. The zero-order valence-corrected chi connectivity index (χ0v) is 18.3. The predicted octanol–water partition coefficient (Wildman–Crippen LogP) is 4.17. The molecule has 0 radical (unpaired) electrons. The molecule has 0 spiro atoms. The van der Waals surface area contributed by atoms with Crippen LogP contribution in [0.3, 0.4) is 0 Å². The van der Waals surface area contributed by atoms with Gasteiger partial charge >= 0.3 is 0 Å². The van der Waals surface area contributed by atoms with E-state index in [0.717, 1.165) is 10.9 Å². The largest absolute Gasteiger partial charge is 0.493 e. The van der Waals surface area contributed by atoms with Gasteiger partial charge in [-0.3, -0.25) is 9.78 Å². The topological polar surface area (TPSA) is 87.5 Å². The molecule has 9 heteroatoms. The van der Waals surface area contributed by atoms with Crippen molar-refractivity contribution in [1.82, 2.24) is 14.8 Å². The van der Waals surface area contributed by atoms with Crippen molar-refractivity contribution in [2.24, 2.45) is 0 Å². The summed E-state index contributed by atoms with van der Waals surface area (Å²) in [4.78, 5) is 16.9. The van der Waals surface area contributed by atoms with Gasteiger partial charge in [0.15, 0.2) is 18.1 Å². The van der Waals surface area contributed by atoms with Crippen molar-refractivity contribution >= 4 is 34.2 Å². The molecule has 2 aromatic heterocycles. The lowest BCUT2D eigenvalue weighted by Crippen LogP contribution is -2.22. The smallest absolute Gasteiger partial charge is 0.263 e. The molecule has 1 amide bonds. The van der Waals surface area contributed by atoms with Crippen LogP contribution in [0.1, 0.15) is 5.56 Å². The van der Waals surface area contributed by atoms with Gasteiger partial charge in [0.2, 0.25) is 0 Å². The van der Waals surface area contributed by atoms with Gasteiger partial charge < -0.3 is 19.5 Å². The van der Waals surface area contributed by atoms with Crippen molar-refractivity contribution < 1.29 is 19.0 Å². The Balaban J connectivity index is 1.45. The molecule has 0 unspecified atom stereocenters. The second kappa shape index (κ2) is 9.57. The molecule has 2 aromatic carbocycles. The highest BCUT2D eigenvalue weighted by Crippen LogP contribution is 2.32. The maximum Gasteiger partial charge on any atom is 0.263 e. The molecular weight excluding hydrogens is 432 g/mol. The second-order valence-electron chi connectivity index (χ2n) is 6.81. The first-order valence-corrected chi connectivity index (χ1v) is 10.2. The number of amides is 1. The highest BCUT2D eigenvalue weighted by atomic mass is 35.5. The van der Waals surface area contributed by atoms with Crippen LogP contribution in [-0.4, -0.2) is 41.5 Å². The predicted molar refractivity (Wildman–Crippen MR) is 122 cm³/mol. The Morgan fingerprint density at radius 3 is 2.72 bits per heavy atom. The van der Waals surface area contributed by atoms with E-state index in [1.165, 1.54) is 0 Å². The molecule has 8 nitrogen and oxygen atoms in total. The molecule has 0 fully saturated rings. The van der Waals surface area contributed by atoms with Gasteiger partial charge in [-0.25, -0.2) is 4.68 Å². The first kappa shape index (κ1) is 21.5. The summed E-state index contributed by atoms with van der Waals surface area (Å²) in [6.45, 7) is 0.191. The average molecular weight is 453 g/mol. The summed E-state index contributed by atoms with van der Waals surface area (Å²) in [5.41, 5.74) is 1.46. The highest BCUT2D eigenvalue weighted by molar-refractivity contribution is 6.35. The van der Waals surface area contributed by atoms with Crippen LogP contribution in [-0.2, 0) is 11.3 Å². The van der Waals surface area contributed by atoms with Gasteiger partial charge in [-0.05, 0) is 30.3 Å². The van der Waals surface area contributed by atoms with Crippen LogP contribution < -0.4 is 19.5 Å². The zero-order chi connectivity index (χ0) is 22.5. The number of nitrogens with one attached hydrogen (secondary N) is 1. The van der Waals surface area contributed by atoms with E-state index in [-0.39, 0.29) is 12.5 Å². The molecule has 0 saturated carbocycles. The lowest BCUT2D eigenvalue weighted by atomic mass is 10.2. The van der Waals surface area contributed by atoms with Crippen LogP contribution in [0.15, 0.2) is 60.9 Å². The maximum atomic E-state index is 12.5. The molecule has 0 saturated heterocycles.